The number of hydrogen-bond donors (Lipinski definition) is 0. The van der Waals surface area contributed by atoms with Gasteiger partial charge in [-0.3, -0.25) is 9.59 Å². The Morgan fingerprint density at radius 3 is 2.66 bits per heavy atom. The van der Waals surface area contributed by atoms with Crippen LogP contribution in [0.1, 0.15) is 46.9 Å². The quantitative estimate of drug-likeness (QED) is 0.667. The van der Waals surface area contributed by atoms with Gasteiger partial charge < -0.3 is 9.80 Å². The zero-order valence-corrected chi connectivity index (χ0v) is 17.8. The van der Waals surface area contributed by atoms with Crippen LogP contribution in [0.25, 0.3) is 0 Å². The molecule has 29 heavy (non-hydrogen) atoms. The van der Waals surface area contributed by atoms with Crippen molar-refractivity contribution in [1.29, 1.82) is 0 Å². The van der Waals surface area contributed by atoms with E-state index in [-0.39, 0.29) is 30.3 Å². The minimum absolute atomic E-state index is 0.0157. The van der Waals surface area contributed by atoms with Gasteiger partial charge in [-0.05, 0) is 48.8 Å². The number of hydrogen-bond acceptors (Lipinski definition) is 3. The number of amides is 2. The monoisotopic (exact) mass is 408 g/mol. The summed E-state index contributed by atoms with van der Waals surface area (Å²) in [5, 5.41) is 2.12. The minimum atomic E-state index is -0.0810. The summed E-state index contributed by atoms with van der Waals surface area (Å²) in [6.45, 7) is 7.09. The van der Waals surface area contributed by atoms with Crippen LogP contribution in [0.4, 0.5) is 0 Å². The third-order valence-corrected chi connectivity index (χ3v) is 7.12. The first-order valence-corrected chi connectivity index (χ1v) is 11.3. The summed E-state index contributed by atoms with van der Waals surface area (Å²) in [4.78, 5) is 31.2. The zero-order chi connectivity index (χ0) is 20.4. The van der Waals surface area contributed by atoms with Crippen LogP contribution in [0.5, 0.6) is 0 Å². The van der Waals surface area contributed by atoms with Gasteiger partial charge in [0, 0.05) is 23.9 Å². The number of carbonyl (C=O) groups is 2. The Kier molecular flexibility index (Phi) is 5.86. The highest BCUT2D eigenvalue weighted by Crippen LogP contribution is 2.38. The second-order valence-corrected chi connectivity index (χ2v) is 9.09. The molecule has 0 radical (unpaired) electrons. The molecule has 2 aliphatic rings. The van der Waals surface area contributed by atoms with Gasteiger partial charge in [0.05, 0.1) is 6.04 Å². The molecule has 1 aromatic carbocycles. The molecule has 0 saturated heterocycles. The first-order chi connectivity index (χ1) is 14.1. The van der Waals surface area contributed by atoms with E-state index in [1.54, 1.807) is 22.3 Å². The third-order valence-electron chi connectivity index (χ3n) is 6.12. The molecule has 2 heterocycles. The van der Waals surface area contributed by atoms with Crippen LogP contribution in [0.15, 0.2) is 48.4 Å². The fraction of sp³-hybridized carbons (Fsp3) is 0.417. The lowest BCUT2D eigenvalue weighted by atomic mass is 9.84. The molecule has 0 unspecified atom stereocenters. The van der Waals surface area contributed by atoms with E-state index in [1.165, 1.54) is 16.0 Å². The van der Waals surface area contributed by atoms with Gasteiger partial charge in [0.25, 0.3) is 0 Å². The number of fused-ring (bicyclic) bond motifs is 1. The van der Waals surface area contributed by atoms with E-state index in [9.17, 15) is 9.59 Å². The molecule has 0 spiro atoms. The van der Waals surface area contributed by atoms with E-state index in [4.69, 9.17) is 0 Å². The van der Waals surface area contributed by atoms with Gasteiger partial charge in [0.2, 0.25) is 11.8 Å². The van der Waals surface area contributed by atoms with Crippen molar-refractivity contribution >= 4 is 23.2 Å². The van der Waals surface area contributed by atoms with Crippen molar-refractivity contribution in [2.45, 2.75) is 38.6 Å². The molecule has 4 nitrogen and oxygen atoms in total. The van der Waals surface area contributed by atoms with Crippen LogP contribution in [0, 0.1) is 12.8 Å². The Morgan fingerprint density at radius 2 is 2.00 bits per heavy atom. The second-order valence-electron chi connectivity index (χ2n) is 8.08. The summed E-state index contributed by atoms with van der Waals surface area (Å²) in [6.07, 6.45) is 5.58. The average Bonchev–Trinajstić information content (AvgIpc) is 3.15. The van der Waals surface area contributed by atoms with Crippen molar-refractivity contribution in [2.75, 3.05) is 19.6 Å². The summed E-state index contributed by atoms with van der Waals surface area (Å²) in [7, 11) is 0. The molecule has 1 aliphatic heterocycles. The summed E-state index contributed by atoms with van der Waals surface area (Å²) < 4.78 is 0. The normalized spacial score (nSPS) is 18.7. The number of nitrogens with zero attached hydrogens (tertiary/aromatic N) is 2. The van der Waals surface area contributed by atoms with Crippen LogP contribution in [0.3, 0.4) is 0 Å². The fourth-order valence-corrected chi connectivity index (χ4v) is 5.15. The maximum absolute atomic E-state index is 13.4. The summed E-state index contributed by atoms with van der Waals surface area (Å²) in [5.41, 5.74) is 3.55. The number of carbonyl (C=O) groups excluding carboxylic acids is 2. The molecule has 152 valence electrons. The molecule has 5 heteroatoms. The summed E-state index contributed by atoms with van der Waals surface area (Å²) >= 11 is 1.77. The van der Waals surface area contributed by atoms with Crippen LogP contribution < -0.4 is 0 Å². The van der Waals surface area contributed by atoms with Crippen LogP contribution in [0.2, 0.25) is 0 Å². The Bertz CT molecular complexity index is 898. The van der Waals surface area contributed by atoms with Gasteiger partial charge in [-0.2, -0.15) is 0 Å². The van der Waals surface area contributed by atoms with Crippen LogP contribution >= 0.6 is 11.3 Å². The van der Waals surface area contributed by atoms with Crippen molar-refractivity contribution in [3.63, 3.8) is 0 Å². The molecule has 2 aromatic rings. The Hall–Kier alpha value is -2.40. The summed E-state index contributed by atoms with van der Waals surface area (Å²) in [6, 6.07) is 10.5. The smallest absolute Gasteiger partial charge is 0.243 e. The Labute approximate surface area is 176 Å². The maximum atomic E-state index is 13.4. The van der Waals surface area contributed by atoms with Crippen LogP contribution in [-0.4, -0.2) is 41.2 Å². The summed E-state index contributed by atoms with van der Waals surface area (Å²) in [5.74, 6) is 0.201. The van der Waals surface area contributed by atoms with E-state index < -0.39 is 0 Å². The van der Waals surface area contributed by atoms with Crippen LogP contribution in [-0.2, 0) is 16.0 Å². The van der Waals surface area contributed by atoms with E-state index in [0.29, 0.717) is 13.1 Å². The van der Waals surface area contributed by atoms with E-state index in [1.807, 2.05) is 4.90 Å². The standard InChI is InChI=1S/C24H28N2O2S/c1-3-13-25(24(28)19-5-4-6-19)16-22(27)26-14-11-21-20(12-15-29-21)23(26)18-9-7-17(2)8-10-18/h3,7-10,12,15,19,23H,1,4-6,11,13-14,16H2,2H3/t23-/m0/s1. The number of benzene rings is 1. The first-order valence-electron chi connectivity index (χ1n) is 10.4. The fourth-order valence-electron chi connectivity index (χ4n) is 4.25. The Morgan fingerprint density at radius 1 is 1.24 bits per heavy atom. The van der Waals surface area contributed by atoms with Gasteiger partial charge in [0.15, 0.2) is 0 Å². The van der Waals surface area contributed by atoms with Gasteiger partial charge in [0.1, 0.15) is 6.54 Å². The largest absolute Gasteiger partial charge is 0.330 e. The molecule has 1 saturated carbocycles. The maximum Gasteiger partial charge on any atom is 0.243 e. The molecule has 1 aliphatic carbocycles. The first kappa shape index (κ1) is 19.9. The molecule has 1 atom stereocenters. The van der Waals surface area contributed by atoms with E-state index in [0.717, 1.165) is 31.2 Å². The van der Waals surface area contributed by atoms with E-state index >= 15 is 0 Å². The molecule has 1 aromatic heterocycles. The van der Waals surface area contributed by atoms with Crippen molar-refractivity contribution in [3.8, 4) is 0 Å². The average molecular weight is 409 g/mol. The molecular formula is C24H28N2O2S. The number of thiophene rings is 1. The van der Waals surface area contributed by atoms with Crippen molar-refractivity contribution in [2.24, 2.45) is 5.92 Å². The molecule has 2 amide bonds. The molecular weight excluding hydrogens is 380 g/mol. The van der Waals surface area contributed by atoms with Gasteiger partial charge >= 0.3 is 0 Å². The van der Waals surface area contributed by atoms with E-state index in [2.05, 4.69) is 49.2 Å². The SMILES string of the molecule is C=CCN(CC(=O)N1CCc2sccc2[C@@H]1c1ccc(C)cc1)C(=O)C1CCC1. The molecule has 1 fully saturated rings. The molecule has 0 N–H and O–H groups in total. The molecule has 4 rings (SSSR count). The highest BCUT2D eigenvalue weighted by molar-refractivity contribution is 7.10. The lowest BCUT2D eigenvalue weighted by Crippen LogP contribution is -2.48. The van der Waals surface area contributed by atoms with Gasteiger partial charge in [-0.15, -0.1) is 17.9 Å². The highest BCUT2D eigenvalue weighted by Gasteiger charge is 2.35. The van der Waals surface area contributed by atoms with Gasteiger partial charge in [-0.25, -0.2) is 0 Å². The highest BCUT2D eigenvalue weighted by atomic mass is 32.1. The number of rotatable bonds is 6. The predicted octanol–water partition coefficient (Wildman–Crippen LogP) is 4.35. The predicted molar refractivity (Wildman–Crippen MR) is 117 cm³/mol. The van der Waals surface area contributed by atoms with Crippen molar-refractivity contribution in [1.82, 2.24) is 9.80 Å². The van der Waals surface area contributed by atoms with Crippen molar-refractivity contribution < 1.29 is 9.59 Å². The van der Waals surface area contributed by atoms with Gasteiger partial charge in [-0.1, -0.05) is 42.3 Å². The lowest BCUT2D eigenvalue weighted by Gasteiger charge is -2.38. The zero-order valence-electron chi connectivity index (χ0n) is 17.0. The van der Waals surface area contributed by atoms with Crippen molar-refractivity contribution in [3.05, 3.63) is 69.9 Å². The third kappa shape index (κ3) is 4.01. The Balaban J connectivity index is 1.59. The number of aryl methyl sites for hydroxylation is 1. The second kappa shape index (κ2) is 8.54. The molecule has 0 bridgehead atoms. The minimum Gasteiger partial charge on any atom is -0.330 e. The lowest BCUT2D eigenvalue weighted by molar-refractivity contribution is -0.145. The topological polar surface area (TPSA) is 40.6 Å².